The summed E-state index contributed by atoms with van der Waals surface area (Å²) in [6, 6.07) is 5.54. The van der Waals surface area contributed by atoms with E-state index in [2.05, 4.69) is 10.6 Å². The Bertz CT molecular complexity index is 1110. The lowest BCUT2D eigenvalue weighted by Gasteiger charge is -2.27. The van der Waals surface area contributed by atoms with Crippen molar-refractivity contribution in [2.24, 2.45) is 0 Å². The fourth-order valence-corrected chi connectivity index (χ4v) is 5.25. The largest absolute Gasteiger partial charge is 0.480 e. The van der Waals surface area contributed by atoms with Crippen LogP contribution in [-0.2, 0) is 19.2 Å². The molecule has 2 saturated heterocycles. The van der Waals surface area contributed by atoms with Gasteiger partial charge < -0.3 is 35.8 Å². The lowest BCUT2D eigenvalue weighted by molar-refractivity contribution is -0.140. The van der Waals surface area contributed by atoms with Crippen LogP contribution in [0.3, 0.4) is 0 Å². The minimum Gasteiger partial charge on any atom is -0.480 e. The van der Waals surface area contributed by atoms with E-state index in [9.17, 15) is 44.2 Å². The Balaban J connectivity index is 1.49. The smallest absolute Gasteiger partial charge is 0.475 e. The molecule has 0 radical (unpaired) electrons. The van der Waals surface area contributed by atoms with Crippen LogP contribution >= 0.6 is 0 Å². The fraction of sp³-hybridized carbons (Fsp3) is 0.593. The van der Waals surface area contributed by atoms with Gasteiger partial charge in [-0.15, -0.1) is 0 Å². The number of hydrogen-bond acceptors (Lipinski definition) is 11. The molecule has 2 atom stereocenters. The third-order valence-corrected chi connectivity index (χ3v) is 7.60. The molecule has 3 rings (SSSR count). The van der Waals surface area contributed by atoms with E-state index in [1.807, 2.05) is 4.90 Å². The monoisotopic (exact) mass is 604 g/mol. The number of ketones is 1. The Kier molecular flexibility index (Phi) is 12.9. The third-order valence-electron chi connectivity index (χ3n) is 7.60. The second-order valence-corrected chi connectivity index (χ2v) is 10.9. The van der Waals surface area contributed by atoms with Crippen LogP contribution in [0.15, 0.2) is 24.3 Å². The SMILES string of the molecule is C[C@@H](NC(=O)c1ccc(NCC(=O)CN2CCN(CC(=O)O)CCN(CC(=O)O)CC2)cc1)C(=O)N1CCC[C@H]1B(O)O. The maximum absolute atomic E-state index is 12.8. The highest BCUT2D eigenvalue weighted by Gasteiger charge is 2.38. The number of carbonyl (C=O) groups is 5. The Hall–Kier alpha value is -3.57. The molecule has 0 spiro atoms. The topological polar surface area (TPSA) is 203 Å². The standard InChI is InChI=1S/C27H41BN6O9/c1-19(27(41)34-8-2-3-23(34)28(42)43)30-26(40)20-4-6-21(7-5-20)29-15-22(35)16-31-9-11-32(17-24(36)37)13-14-33(12-10-31)18-25(38)39/h4-7,19,23,29,42-43H,2-3,8-18H2,1H3,(H,30,40)(H,36,37)(H,38,39)/t19-,23+/m1/s1. The van der Waals surface area contributed by atoms with Crippen molar-refractivity contribution in [1.29, 1.82) is 0 Å². The minimum atomic E-state index is -1.64. The van der Waals surface area contributed by atoms with E-state index in [1.165, 1.54) is 4.90 Å². The van der Waals surface area contributed by atoms with Crippen LogP contribution in [0.25, 0.3) is 0 Å². The Morgan fingerprint density at radius 2 is 1.35 bits per heavy atom. The van der Waals surface area contributed by atoms with Gasteiger partial charge in [-0.3, -0.25) is 38.7 Å². The van der Waals surface area contributed by atoms with E-state index >= 15 is 0 Å². The van der Waals surface area contributed by atoms with Crippen molar-refractivity contribution >= 4 is 42.3 Å². The van der Waals surface area contributed by atoms with E-state index in [0.717, 1.165) is 0 Å². The van der Waals surface area contributed by atoms with Crippen molar-refractivity contribution in [3.63, 3.8) is 0 Å². The van der Waals surface area contributed by atoms with E-state index < -0.39 is 36.9 Å². The highest BCUT2D eigenvalue weighted by atomic mass is 16.4. The van der Waals surface area contributed by atoms with Gasteiger partial charge in [-0.05, 0) is 44.0 Å². The summed E-state index contributed by atoms with van der Waals surface area (Å²) >= 11 is 0. The molecule has 0 saturated carbocycles. The van der Waals surface area contributed by atoms with Gasteiger partial charge in [-0.1, -0.05) is 0 Å². The molecular formula is C27H41BN6O9. The molecule has 16 heteroatoms. The van der Waals surface area contributed by atoms with Gasteiger partial charge in [0.05, 0.1) is 32.1 Å². The number of carbonyl (C=O) groups excluding carboxylic acids is 3. The van der Waals surface area contributed by atoms with Crippen molar-refractivity contribution < 1.29 is 44.2 Å². The van der Waals surface area contributed by atoms with Crippen LogP contribution in [0.5, 0.6) is 0 Å². The van der Waals surface area contributed by atoms with Crippen molar-refractivity contribution in [2.45, 2.75) is 31.7 Å². The van der Waals surface area contributed by atoms with E-state index in [4.69, 9.17) is 0 Å². The molecule has 6 N–H and O–H groups in total. The number of nitrogens with one attached hydrogen (secondary N) is 2. The second-order valence-electron chi connectivity index (χ2n) is 10.9. The molecule has 1 aromatic rings. The number of nitrogens with zero attached hydrogens (tertiary/aromatic N) is 4. The number of amides is 2. The van der Waals surface area contributed by atoms with Gasteiger partial charge in [-0.2, -0.15) is 0 Å². The van der Waals surface area contributed by atoms with Crippen LogP contribution in [-0.4, -0.2) is 160 Å². The summed E-state index contributed by atoms with van der Waals surface area (Å²) in [6.07, 6.45) is 1.14. The summed E-state index contributed by atoms with van der Waals surface area (Å²) < 4.78 is 0. The molecule has 1 aromatic carbocycles. The normalized spacial score (nSPS) is 19.5. The molecule has 2 amide bonds. The van der Waals surface area contributed by atoms with Gasteiger partial charge in [0.1, 0.15) is 6.04 Å². The van der Waals surface area contributed by atoms with Crippen molar-refractivity contribution in [1.82, 2.24) is 24.9 Å². The number of benzene rings is 1. The lowest BCUT2D eigenvalue weighted by Crippen LogP contribution is -2.52. The number of aliphatic carboxylic acids is 2. The first kappa shape index (κ1) is 33.9. The Labute approximate surface area is 250 Å². The lowest BCUT2D eigenvalue weighted by atomic mass is 9.78. The number of anilines is 1. The molecule has 43 heavy (non-hydrogen) atoms. The summed E-state index contributed by atoms with van der Waals surface area (Å²) in [5.41, 5.74) is 0.917. The second kappa shape index (κ2) is 16.3. The highest BCUT2D eigenvalue weighted by Crippen LogP contribution is 2.19. The first-order chi connectivity index (χ1) is 20.4. The van der Waals surface area contributed by atoms with E-state index in [0.29, 0.717) is 69.9 Å². The number of rotatable bonds is 13. The molecule has 0 aromatic heterocycles. The summed E-state index contributed by atoms with van der Waals surface area (Å²) in [4.78, 5) is 67.4. The number of carboxylic acid groups (broad SMARTS) is 2. The first-order valence-corrected chi connectivity index (χ1v) is 14.4. The molecule has 0 bridgehead atoms. The summed E-state index contributed by atoms with van der Waals surface area (Å²) in [7, 11) is -1.64. The number of carboxylic acids is 2. The maximum Gasteiger partial charge on any atom is 0.475 e. The van der Waals surface area contributed by atoms with Gasteiger partial charge in [0.2, 0.25) is 5.91 Å². The fourth-order valence-electron chi connectivity index (χ4n) is 5.25. The number of hydrogen-bond donors (Lipinski definition) is 6. The first-order valence-electron chi connectivity index (χ1n) is 14.4. The molecule has 0 unspecified atom stereocenters. The zero-order valence-electron chi connectivity index (χ0n) is 24.4. The van der Waals surface area contributed by atoms with Crippen LogP contribution in [0, 0.1) is 0 Å². The number of likely N-dealkylation sites (tertiary alicyclic amines) is 1. The molecule has 15 nitrogen and oxygen atoms in total. The molecule has 0 aliphatic carbocycles. The van der Waals surface area contributed by atoms with Gasteiger partial charge in [0.25, 0.3) is 5.91 Å². The summed E-state index contributed by atoms with van der Waals surface area (Å²) in [6.45, 7) is 4.34. The summed E-state index contributed by atoms with van der Waals surface area (Å²) in [5.74, 6) is -3.60. The molecule has 2 aliphatic heterocycles. The summed E-state index contributed by atoms with van der Waals surface area (Å²) in [5, 5.41) is 43.1. The van der Waals surface area contributed by atoms with Gasteiger partial charge in [0.15, 0.2) is 5.78 Å². The van der Waals surface area contributed by atoms with Crippen molar-refractivity contribution in [3.8, 4) is 0 Å². The average Bonchev–Trinajstić information content (AvgIpc) is 3.47. The van der Waals surface area contributed by atoms with Crippen molar-refractivity contribution in [3.05, 3.63) is 29.8 Å². The van der Waals surface area contributed by atoms with Crippen LogP contribution in [0.1, 0.15) is 30.1 Å². The highest BCUT2D eigenvalue weighted by molar-refractivity contribution is 6.43. The van der Waals surface area contributed by atoms with Crippen molar-refractivity contribution in [2.75, 3.05) is 77.3 Å². The van der Waals surface area contributed by atoms with E-state index in [-0.39, 0.29) is 37.9 Å². The molecule has 2 fully saturated rings. The van der Waals surface area contributed by atoms with E-state index in [1.54, 1.807) is 41.0 Å². The molecular weight excluding hydrogens is 563 g/mol. The van der Waals surface area contributed by atoms with Gasteiger partial charge in [-0.25, -0.2) is 0 Å². The van der Waals surface area contributed by atoms with Gasteiger partial charge in [0, 0.05) is 57.1 Å². The van der Waals surface area contributed by atoms with Crippen LogP contribution in [0.2, 0.25) is 0 Å². The maximum atomic E-state index is 12.8. The molecule has 2 heterocycles. The predicted octanol–water partition coefficient (Wildman–Crippen LogP) is -2.12. The Morgan fingerprint density at radius 3 is 1.84 bits per heavy atom. The zero-order valence-corrected chi connectivity index (χ0v) is 24.4. The quantitative estimate of drug-likeness (QED) is 0.134. The predicted molar refractivity (Wildman–Crippen MR) is 156 cm³/mol. The van der Waals surface area contributed by atoms with Gasteiger partial charge >= 0.3 is 19.1 Å². The van der Waals surface area contributed by atoms with Crippen LogP contribution < -0.4 is 10.6 Å². The average molecular weight is 604 g/mol. The number of Topliss-reactive ketones (excluding diaryl/α,β-unsaturated/α-hetero) is 1. The molecule has 236 valence electrons. The minimum absolute atomic E-state index is 0.0129. The third kappa shape index (κ3) is 10.9. The zero-order chi connectivity index (χ0) is 31.5. The Morgan fingerprint density at radius 1 is 0.837 bits per heavy atom. The van der Waals surface area contributed by atoms with Crippen LogP contribution in [0.4, 0.5) is 5.69 Å². The molecule has 2 aliphatic rings.